The summed E-state index contributed by atoms with van der Waals surface area (Å²) >= 11 is 0. The smallest absolute Gasteiger partial charge is 0.158 e. The highest BCUT2D eigenvalue weighted by Gasteiger charge is 2.20. The van der Waals surface area contributed by atoms with Crippen LogP contribution in [0.15, 0.2) is 6.07 Å². The predicted molar refractivity (Wildman–Crippen MR) is 86.6 cm³/mol. The second kappa shape index (κ2) is 8.17. The van der Waals surface area contributed by atoms with E-state index in [1.165, 1.54) is 32.1 Å². The van der Waals surface area contributed by atoms with Crippen LogP contribution in [0.3, 0.4) is 0 Å². The number of ether oxygens (including phenoxy) is 1. The Morgan fingerprint density at radius 1 is 1.24 bits per heavy atom. The second-order valence-electron chi connectivity index (χ2n) is 5.77. The Bertz CT molecular complexity index is 432. The lowest BCUT2D eigenvalue weighted by Gasteiger charge is -2.28. The summed E-state index contributed by atoms with van der Waals surface area (Å²) in [6, 6.07) is 2.42. The van der Waals surface area contributed by atoms with Crippen LogP contribution in [0.25, 0.3) is 0 Å². The molecular formula is C16H28N4O. The molecule has 1 aromatic heterocycles. The maximum Gasteiger partial charge on any atom is 0.158 e. The zero-order chi connectivity index (χ0) is 15.1. The van der Waals surface area contributed by atoms with Gasteiger partial charge in [-0.05, 0) is 32.6 Å². The number of hydrogen-bond donors (Lipinski definition) is 2. The van der Waals surface area contributed by atoms with Crippen molar-refractivity contribution in [3.8, 4) is 0 Å². The van der Waals surface area contributed by atoms with Crippen LogP contribution < -0.4 is 10.6 Å². The van der Waals surface area contributed by atoms with Crippen molar-refractivity contribution in [2.24, 2.45) is 5.92 Å². The average molecular weight is 292 g/mol. The molecule has 1 saturated carbocycles. The first-order valence-corrected chi connectivity index (χ1v) is 8.13. The zero-order valence-corrected chi connectivity index (χ0v) is 13.5. The highest BCUT2D eigenvalue weighted by molar-refractivity contribution is 5.47. The van der Waals surface area contributed by atoms with Gasteiger partial charge in [-0.1, -0.05) is 19.3 Å². The Hall–Kier alpha value is -1.36. The monoisotopic (exact) mass is 292 g/mol. The number of hydrogen-bond acceptors (Lipinski definition) is 5. The van der Waals surface area contributed by atoms with E-state index >= 15 is 0 Å². The molecule has 21 heavy (non-hydrogen) atoms. The Morgan fingerprint density at radius 2 is 1.95 bits per heavy atom. The van der Waals surface area contributed by atoms with E-state index in [1.807, 2.05) is 20.0 Å². The summed E-state index contributed by atoms with van der Waals surface area (Å²) in [5, 5.41) is 6.65. The first-order valence-electron chi connectivity index (χ1n) is 8.13. The highest BCUT2D eigenvalue weighted by atomic mass is 16.5. The van der Waals surface area contributed by atoms with Gasteiger partial charge in [0.1, 0.15) is 18.2 Å². The van der Waals surface area contributed by atoms with Crippen LogP contribution in [0.1, 0.15) is 51.8 Å². The fourth-order valence-corrected chi connectivity index (χ4v) is 2.94. The Kier molecular flexibility index (Phi) is 6.23. The van der Waals surface area contributed by atoms with Gasteiger partial charge in [-0.3, -0.25) is 0 Å². The van der Waals surface area contributed by atoms with Gasteiger partial charge in [0, 0.05) is 25.8 Å². The van der Waals surface area contributed by atoms with Crippen LogP contribution in [0.2, 0.25) is 0 Å². The van der Waals surface area contributed by atoms with Crippen molar-refractivity contribution >= 4 is 11.6 Å². The third-order valence-electron chi connectivity index (χ3n) is 4.20. The van der Waals surface area contributed by atoms with Crippen LogP contribution in [-0.2, 0) is 11.3 Å². The maximum absolute atomic E-state index is 5.41. The number of rotatable bonds is 7. The number of nitrogens with zero attached hydrogens (tertiary/aromatic N) is 2. The van der Waals surface area contributed by atoms with Crippen molar-refractivity contribution in [3.05, 3.63) is 11.9 Å². The van der Waals surface area contributed by atoms with E-state index in [4.69, 9.17) is 4.74 Å². The highest BCUT2D eigenvalue weighted by Crippen LogP contribution is 2.28. The molecule has 1 heterocycles. The molecule has 1 unspecified atom stereocenters. The average Bonchev–Trinajstić information content (AvgIpc) is 2.53. The minimum absolute atomic E-state index is 0.449. The molecule has 1 fully saturated rings. The molecule has 118 valence electrons. The molecule has 1 aliphatic rings. The van der Waals surface area contributed by atoms with Gasteiger partial charge < -0.3 is 15.4 Å². The first-order chi connectivity index (χ1) is 10.2. The van der Waals surface area contributed by atoms with E-state index in [2.05, 4.69) is 27.5 Å². The molecule has 1 aliphatic carbocycles. The predicted octanol–water partition coefficient (Wildman–Crippen LogP) is 3.44. The molecule has 5 heteroatoms. The Balaban J connectivity index is 2.03. The van der Waals surface area contributed by atoms with Crippen molar-refractivity contribution in [2.45, 2.75) is 58.6 Å². The van der Waals surface area contributed by atoms with Gasteiger partial charge >= 0.3 is 0 Å². The van der Waals surface area contributed by atoms with Crippen LogP contribution in [-0.4, -0.2) is 29.7 Å². The zero-order valence-electron chi connectivity index (χ0n) is 13.5. The van der Waals surface area contributed by atoms with Gasteiger partial charge in [-0.15, -0.1) is 0 Å². The maximum atomic E-state index is 5.41. The van der Waals surface area contributed by atoms with Gasteiger partial charge in [-0.2, -0.15) is 0 Å². The molecule has 2 rings (SSSR count). The third kappa shape index (κ3) is 4.84. The van der Waals surface area contributed by atoms with E-state index < -0.39 is 0 Å². The number of aromatic nitrogens is 2. The van der Waals surface area contributed by atoms with Gasteiger partial charge in [0.05, 0.1) is 0 Å². The normalized spacial score (nSPS) is 17.5. The molecule has 2 N–H and O–H groups in total. The summed E-state index contributed by atoms with van der Waals surface area (Å²) in [7, 11) is 1.88. The third-order valence-corrected chi connectivity index (χ3v) is 4.20. The molecule has 0 radical (unpaired) electrons. The first kappa shape index (κ1) is 16.0. The lowest BCUT2D eigenvalue weighted by Crippen LogP contribution is -2.28. The Morgan fingerprint density at radius 3 is 2.62 bits per heavy atom. The van der Waals surface area contributed by atoms with E-state index in [9.17, 15) is 0 Å². The molecule has 0 saturated heterocycles. The van der Waals surface area contributed by atoms with Gasteiger partial charge in [0.25, 0.3) is 0 Å². The Labute approximate surface area is 127 Å². The van der Waals surface area contributed by atoms with Crippen molar-refractivity contribution in [2.75, 3.05) is 24.3 Å². The quantitative estimate of drug-likeness (QED) is 0.806. The van der Waals surface area contributed by atoms with Crippen LogP contribution in [0.4, 0.5) is 11.6 Å². The minimum atomic E-state index is 0.449. The minimum Gasteiger partial charge on any atom is -0.374 e. The van der Waals surface area contributed by atoms with Crippen LogP contribution >= 0.6 is 0 Å². The van der Waals surface area contributed by atoms with Crippen molar-refractivity contribution in [1.29, 1.82) is 0 Å². The molecule has 1 aromatic rings. The van der Waals surface area contributed by atoms with Crippen LogP contribution in [0, 0.1) is 5.92 Å². The second-order valence-corrected chi connectivity index (χ2v) is 5.77. The summed E-state index contributed by atoms with van der Waals surface area (Å²) in [6.07, 6.45) is 6.75. The number of nitrogens with one attached hydrogen (secondary N) is 2. The fourth-order valence-electron chi connectivity index (χ4n) is 2.94. The van der Waals surface area contributed by atoms with E-state index in [1.54, 1.807) is 0 Å². The van der Waals surface area contributed by atoms with E-state index in [0.717, 1.165) is 23.4 Å². The molecule has 5 nitrogen and oxygen atoms in total. The summed E-state index contributed by atoms with van der Waals surface area (Å²) in [5.74, 6) is 3.20. The SMILES string of the molecule is CCOCc1nc(NC)cc(NC(C)C2CCCCC2)n1. The fraction of sp³-hybridized carbons (Fsp3) is 0.750. The molecule has 0 aromatic carbocycles. The summed E-state index contributed by atoms with van der Waals surface area (Å²) in [6.45, 7) is 5.37. The largest absolute Gasteiger partial charge is 0.374 e. The van der Waals surface area contributed by atoms with Gasteiger partial charge in [0.2, 0.25) is 0 Å². The molecule has 0 amide bonds. The van der Waals surface area contributed by atoms with E-state index in [-0.39, 0.29) is 0 Å². The van der Waals surface area contributed by atoms with Crippen molar-refractivity contribution in [3.63, 3.8) is 0 Å². The standard InChI is InChI=1S/C16H28N4O/c1-4-21-11-16-19-14(17-3)10-15(20-16)18-12(2)13-8-6-5-7-9-13/h10,12-13H,4-9,11H2,1-3H3,(H2,17,18,19,20). The summed E-state index contributed by atoms with van der Waals surface area (Å²) in [5.41, 5.74) is 0. The number of anilines is 2. The topological polar surface area (TPSA) is 59.1 Å². The molecular weight excluding hydrogens is 264 g/mol. The van der Waals surface area contributed by atoms with Crippen molar-refractivity contribution in [1.82, 2.24) is 9.97 Å². The van der Waals surface area contributed by atoms with Crippen molar-refractivity contribution < 1.29 is 4.74 Å². The summed E-state index contributed by atoms with van der Waals surface area (Å²) < 4.78 is 5.41. The van der Waals surface area contributed by atoms with E-state index in [0.29, 0.717) is 19.3 Å². The molecule has 0 spiro atoms. The molecule has 0 bridgehead atoms. The molecule has 0 aliphatic heterocycles. The lowest BCUT2D eigenvalue weighted by molar-refractivity contribution is 0.128. The van der Waals surface area contributed by atoms with Gasteiger partial charge in [0.15, 0.2) is 5.82 Å². The molecule has 1 atom stereocenters. The van der Waals surface area contributed by atoms with Crippen LogP contribution in [0.5, 0.6) is 0 Å². The lowest BCUT2D eigenvalue weighted by atomic mass is 9.84. The summed E-state index contributed by atoms with van der Waals surface area (Å²) in [4.78, 5) is 8.99. The van der Waals surface area contributed by atoms with Gasteiger partial charge in [-0.25, -0.2) is 9.97 Å².